The molecule has 0 saturated heterocycles. The second-order valence-electron chi connectivity index (χ2n) is 2.94. The summed E-state index contributed by atoms with van der Waals surface area (Å²) in [6.45, 7) is 4.39. The Morgan fingerprint density at radius 2 is 2.55 bits per heavy atom. The van der Waals surface area contributed by atoms with Crippen LogP contribution in [0.3, 0.4) is 0 Å². The normalized spacial score (nSPS) is 23.1. The summed E-state index contributed by atoms with van der Waals surface area (Å²) in [5.41, 5.74) is 1.31. The second-order valence-corrected chi connectivity index (χ2v) is 2.94. The van der Waals surface area contributed by atoms with Crippen molar-refractivity contribution in [3.8, 4) is 0 Å². The van der Waals surface area contributed by atoms with E-state index in [0.29, 0.717) is 6.61 Å². The van der Waals surface area contributed by atoms with E-state index in [1.54, 1.807) is 0 Å². The van der Waals surface area contributed by atoms with Crippen LogP contribution in [0.2, 0.25) is 0 Å². The van der Waals surface area contributed by atoms with Gasteiger partial charge in [-0.2, -0.15) is 0 Å². The van der Waals surface area contributed by atoms with Crippen molar-refractivity contribution in [2.75, 3.05) is 6.61 Å². The van der Waals surface area contributed by atoms with E-state index in [2.05, 4.69) is 13.0 Å². The van der Waals surface area contributed by atoms with Crippen LogP contribution in [-0.2, 0) is 9.53 Å². The first-order valence-corrected chi connectivity index (χ1v) is 4.06. The van der Waals surface area contributed by atoms with E-state index in [1.165, 1.54) is 5.57 Å². The quantitative estimate of drug-likeness (QED) is 0.448. The average Bonchev–Trinajstić information content (AvgIpc) is 2.36. The lowest BCUT2D eigenvalue weighted by molar-refractivity contribution is -0.147. The predicted octanol–water partition coefficient (Wildman–Crippen LogP) is 1.91. The summed E-state index contributed by atoms with van der Waals surface area (Å²) in [5, 5.41) is 0. The number of esters is 1. The maximum atomic E-state index is 11.1. The van der Waals surface area contributed by atoms with E-state index in [0.717, 1.165) is 12.8 Å². The molecule has 0 radical (unpaired) electrons. The first kappa shape index (κ1) is 8.31. The number of hydrogen-bond acceptors (Lipinski definition) is 2. The van der Waals surface area contributed by atoms with E-state index >= 15 is 0 Å². The molecule has 0 aliphatic heterocycles. The molecule has 1 aliphatic rings. The highest BCUT2D eigenvalue weighted by molar-refractivity contribution is 5.73. The maximum Gasteiger partial charge on any atom is 0.309 e. The lowest BCUT2D eigenvalue weighted by Crippen LogP contribution is -2.14. The van der Waals surface area contributed by atoms with Crippen LogP contribution >= 0.6 is 0 Å². The number of carbonyl (C=O) groups is 1. The molecular formula is C9H14O2. The van der Waals surface area contributed by atoms with Crippen LogP contribution in [0.25, 0.3) is 0 Å². The summed E-state index contributed by atoms with van der Waals surface area (Å²) < 4.78 is 4.90. The molecule has 0 amide bonds. The molecule has 1 aliphatic carbocycles. The molecule has 0 spiro atoms. The van der Waals surface area contributed by atoms with Crippen molar-refractivity contribution in [2.45, 2.75) is 26.7 Å². The zero-order valence-corrected chi connectivity index (χ0v) is 7.09. The number of allylic oxidation sites excluding steroid dienone is 2. The molecule has 2 nitrogen and oxygen atoms in total. The van der Waals surface area contributed by atoms with Gasteiger partial charge in [-0.1, -0.05) is 11.6 Å². The monoisotopic (exact) mass is 154 g/mol. The lowest BCUT2D eigenvalue weighted by atomic mass is 10.1. The zero-order chi connectivity index (χ0) is 8.27. The summed E-state index contributed by atoms with van der Waals surface area (Å²) in [6.07, 6.45) is 3.87. The van der Waals surface area contributed by atoms with Gasteiger partial charge in [-0.05, 0) is 26.7 Å². The molecule has 1 atom stereocenters. The van der Waals surface area contributed by atoms with Gasteiger partial charge in [0.2, 0.25) is 0 Å². The van der Waals surface area contributed by atoms with E-state index in [-0.39, 0.29) is 11.9 Å². The third kappa shape index (κ3) is 2.07. The Morgan fingerprint density at radius 1 is 1.82 bits per heavy atom. The van der Waals surface area contributed by atoms with Crippen molar-refractivity contribution in [3.05, 3.63) is 11.6 Å². The molecule has 1 unspecified atom stereocenters. The third-order valence-corrected chi connectivity index (χ3v) is 1.94. The Balaban J connectivity index is 2.34. The molecule has 1 rings (SSSR count). The van der Waals surface area contributed by atoms with Crippen LogP contribution in [0.4, 0.5) is 0 Å². The predicted molar refractivity (Wildman–Crippen MR) is 43.1 cm³/mol. The highest BCUT2D eigenvalue weighted by Crippen LogP contribution is 2.25. The first-order chi connectivity index (χ1) is 5.24. The van der Waals surface area contributed by atoms with Crippen LogP contribution in [0.15, 0.2) is 11.6 Å². The van der Waals surface area contributed by atoms with Gasteiger partial charge in [0.15, 0.2) is 0 Å². The minimum absolute atomic E-state index is 0.0411. The van der Waals surface area contributed by atoms with Crippen molar-refractivity contribution < 1.29 is 9.53 Å². The fraction of sp³-hybridized carbons (Fsp3) is 0.667. The molecule has 0 fully saturated rings. The second kappa shape index (κ2) is 3.56. The molecule has 0 aromatic rings. The van der Waals surface area contributed by atoms with E-state index in [4.69, 9.17) is 4.74 Å². The molecule has 11 heavy (non-hydrogen) atoms. The van der Waals surface area contributed by atoms with Crippen molar-refractivity contribution in [1.82, 2.24) is 0 Å². The SMILES string of the molecule is CCOC(=O)C1CC=C(C)C1. The highest BCUT2D eigenvalue weighted by atomic mass is 16.5. The summed E-state index contributed by atoms with van der Waals surface area (Å²) in [5.74, 6) is 0.0653. The molecule has 0 heterocycles. The van der Waals surface area contributed by atoms with E-state index < -0.39 is 0 Å². The van der Waals surface area contributed by atoms with Crippen molar-refractivity contribution >= 4 is 5.97 Å². The molecule has 0 aromatic heterocycles. The molecule has 0 bridgehead atoms. The van der Waals surface area contributed by atoms with Crippen LogP contribution in [-0.4, -0.2) is 12.6 Å². The standard InChI is InChI=1S/C9H14O2/c1-3-11-9(10)8-5-4-7(2)6-8/h4,8H,3,5-6H2,1-2H3. The Labute approximate surface area is 67.2 Å². The van der Waals surface area contributed by atoms with Crippen molar-refractivity contribution in [3.63, 3.8) is 0 Å². The summed E-state index contributed by atoms with van der Waals surface area (Å²) >= 11 is 0. The number of ether oxygens (including phenoxy) is 1. The van der Waals surface area contributed by atoms with Crippen molar-refractivity contribution in [1.29, 1.82) is 0 Å². The van der Waals surface area contributed by atoms with Gasteiger partial charge in [-0.25, -0.2) is 0 Å². The molecule has 0 aromatic carbocycles. The molecular weight excluding hydrogens is 140 g/mol. The van der Waals surface area contributed by atoms with Gasteiger partial charge < -0.3 is 4.74 Å². The van der Waals surface area contributed by atoms with Crippen LogP contribution < -0.4 is 0 Å². The molecule has 0 N–H and O–H groups in total. The fourth-order valence-electron chi connectivity index (χ4n) is 1.34. The number of hydrogen-bond donors (Lipinski definition) is 0. The average molecular weight is 154 g/mol. The Bertz CT molecular complexity index is 182. The Hall–Kier alpha value is -0.790. The third-order valence-electron chi connectivity index (χ3n) is 1.94. The van der Waals surface area contributed by atoms with Crippen LogP contribution in [0, 0.1) is 5.92 Å². The smallest absolute Gasteiger partial charge is 0.309 e. The first-order valence-electron chi connectivity index (χ1n) is 4.06. The Kier molecular flexibility index (Phi) is 2.69. The van der Waals surface area contributed by atoms with Gasteiger partial charge in [-0.15, -0.1) is 0 Å². The van der Waals surface area contributed by atoms with Crippen LogP contribution in [0.5, 0.6) is 0 Å². The zero-order valence-electron chi connectivity index (χ0n) is 7.09. The van der Waals surface area contributed by atoms with Crippen molar-refractivity contribution in [2.24, 2.45) is 5.92 Å². The largest absolute Gasteiger partial charge is 0.466 e. The molecule has 62 valence electrons. The fourth-order valence-corrected chi connectivity index (χ4v) is 1.34. The number of carbonyl (C=O) groups excluding carboxylic acids is 1. The van der Waals surface area contributed by atoms with Gasteiger partial charge in [0, 0.05) is 0 Å². The summed E-state index contributed by atoms with van der Waals surface area (Å²) in [6, 6.07) is 0. The number of rotatable bonds is 2. The minimum atomic E-state index is -0.0411. The van der Waals surface area contributed by atoms with Gasteiger partial charge in [0.1, 0.15) is 0 Å². The molecule has 2 heteroatoms. The van der Waals surface area contributed by atoms with E-state index in [1.807, 2.05) is 6.92 Å². The van der Waals surface area contributed by atoms with Gasteiger partial charge in [0.25, 0.3) is 0 Å². The topological polar surface area (TPSA) is 26.3 Å². The van der Waals surface area contributed by atoms with E-state index in [9.17, 15) is 4.79 Å². The maximum absolute atomic E-state index is 11.1. The van der Waals surface area contributed by atoms with Gasteiger partial charge >= 0.3 is 5.97 Å². The summed E-state index contributed by atoms with van der Waals surface area (Å²) in [7, 11) is 0. The van der Waals surface area contributed by atoms with Gasteiger partial charge in [0.05, 0.1) is 12.5 Å². The Morgan fingerprint density at radius 3 is 3.00 bits per heavy atom. The highest BCUT2D eigenvalue weighted by Gasteiger charge is 2.22. The lowest BCUT2D eigenvalue weighted by Gasteiger charge is -2.07. The molecule has 0 saturated carbocycles. The van der Waals surface area contributed by atoms with Gasteiger partial charge in [-0.3, -0.25) is 4.79 Å². The summed E-state index contributed by atoms with van der Waals surface area (Å²) in [4.78, 5) is 11.1. The van der Waals surface area contributed by atoms with Crippen LogP contribution in [0.1, 0.15) is 26.7 Å². The minimum Gasteiger partial charge on any atom is -0.466 e.